The van der Waals surface area contributed by atoms with Crippen molar-refractivity contribution in [2.24, 2.45) is 0 Å². The molecule has 0 saturated carbocycles. The van der Waals surface area contributed by atoms with Gasteiger partial charge in [0.2, 0.25) is 0 Å². The second-order valence-corrected chi connectivity index (χ2v) is 3.57. The molecule has 0 aliphatic carbocycles. The van der Waals surface area contributed by atoms with Crippen LogP contribution in [0.1, 0.15) is 0 Å². The van der Waals surface area contributed by atoms with Crippen LogP contribution < -0.4 is 61.3 Å². The predicted molar refractivity (Wildman–Crippen MR) is 46.2 cm³/mol. The molecule has 0 aliphatic rings. The summed E-state index contributed by atoms with van der Waals surface area (Å²) in [5.41, 5.74) is 5.67. The standard InChI is InChI=1S/C6H6ClNO4S.K/c7-5-3-4(8)1-2-6(5)12-13(9,10)11;/h1-3H,8H2,(H,9,10,11);/q;+1/p-1. The number of hydrogen-bond acceptors (Lipinski definition) is 5. The molecule has 72 valence electrons. The maximum Gasteiger partial charge on any atom is 1.00 e. The summed E-state index contributed by atoms with van der Waals surface area (Å²) in [6.45, 7) is 0. The number of hydrogen-bond donors (Lipinski definition) is 1. The normalized spacial score (nSPS) is 10.4. The molecule has 0 aromatic heterocycles. The fourth-order valence-electron chi connectivity index (χ4n) is 0.695. The van der Waals surface area contributed by atoms with Gasteiger partial charge >= 0.3 is 51.4 Å². The van der Waals surface area contributed by atoms with Crippen molar-refractivity contribution in [3.05, 3.63) is 23.2 Å². The average Bonchev–Trinajstić information content (AvgIpc) is 1.93. The Labute approximate surface area is 129 Å². The van der Waals surface area contributed by atoms with Crippen molar-refractivity contribution in [2.45, 2.75) is 0 Å². The Morgan fingerprint density at radius 1 is 1.43 bits per heavy atom. The fourth-order valence-corrected chi connectivity index (χ4v) is 1.33. The van der Waals surface area contributed by atoms with E-state index in [9.17, 15) is 13.0 Å². The molecule has 0 spiro atoms. The summed E-state index contributed by atoms with van der Waals surface area (Å²) in [4.78, 5) is 0. The minimum Gasteiger partial charge on any atom is -0.716 e. The summed E-state index contributed by atoms with van der Waals surface area (Å²) >= 11 is 5.53. The van der Waals surface area contributed by atoms with Crippen LogP contribution in [0.2, 0.25) is 5.02 Å². The molecule has 0 heterocycles. The molecule has 0 unspecified atom stereocenters. The predicted octanol–water partition coefficient (Wildman–Crippen LogP) is -2.23. The third-order valence-electron chi connectivity index (χ3n) is 1.15. The van der Waals surface area contributed by atoms with Crippen molar-refractivity contribution in [1.29, 1.82) is 0 Å². The maximum absolute atomic E-state index is 10.2. The minimum atomic E-state index is -4.79. The van der Waals surface area contributed by atoms with Gasteiger partial charge in [0.05, 0.1) is 5.02 Å². The molecule has 8 heteroatoms. The molecule has 5 nitrogen and oxygen atoms in total. The van der Waals surface area contributed by atoms with E-state index in [0.717, 1.165) is 0 Å². The molecule has 14 heavy (non-hydrogen) atoms. The second kappa shape index (κ2) is 5.66. The van der Waals surface area contributed by atoms with Gasteiger partial charge in [-0.1, -0.05) is 11.6 Å². The summed E-state index contributed by atoms with van der Waals surface area (Å²) in [7, 11) is -4.79. The summed E-state index contributed by atoms with van der Waals surface area (Å²) < 4.78 is 34.5. The first-order valence-corrected chi connectivity index (χ1v) is 4.80. The van der Waals surface area contributed by atoms with Gasteiger partial charge < -0.3 is 14.5 Å². The molecule has 0 fully saturated rings. The quantitative estimate of drug-likeness (QED) is 0.281. The van der Waals surface area contributed by atoms with Crippen molar-refractivity contribution in [3.8, 4) is 5.75 Å². The molecule has 1 aromatic carbocycles. The zero-order chi connectivity index (χ0) is 10.1. The van der Waals surface area contributed by atoms with Gasteiger partial charge in [-0.15, -0.1) is 0 Å². The number of rotatable bonds is 2. The van der Waals surface area contributed by atoms with E-state index in [1.165, 1.54) is 18.2 Å². The molecule has 1 aromatic rings. The molecule has 1 rings (SSSR count). The SMILES string of the molecule is Nc1ccc(OS(=O)(=O)[O-])c(Cl)c1.[K+]. The summed E-state index contributed by atoms with van der Waals surface area (Å²) in [5, 5.41) is -0.0283. The van der Waals surface area contributed by atoms with Gasteiger partial charge in [0.1, 0.15) is 0 Å². The van der Waals surface area contributed by atoms with E-state index >= 15 is 0 Å². The van der Waals surface area contributed by atoms with Crippen molar-refractivity contribution in [1.82, 2.24) is 0 Å². The first-order chi connectivity index (χ1) is 5.88. The van der Waals surface area contributed by atoms with Crippen LogP contribution in [-0.4, -0.2) is 13.0 Å². The molecule has 0 atom stereocenters. The Hall–Kier alpha value is 0.656. The average molecular weight is 262 g/mol. The fraction of sp³-hybridized carbons (Fsp3) is 0. The van der Waals surface area contributed by atoms with E-state index in [1.54, 1.807) is 0 Å². The molecule has 0 aliphatic heterocycles. The Kier molecular flexibility index (Phi) is 5.93. The first kappa shape index (κ1) is 14.7. The van der Waals surface area contributed by atoms with Crippen LogP contribution >= 0.6 is 11.6 Å². The van der Waals surface area contributed by atoms with Crippen molar-refractivity contribution < 1.29 is 68.5 Å². The van der Waals surface area contributed by atoms with Crippen LogP contribution in [0, 0.1) is 0 Å². The Balaban J connectivity index is 0.00000169. The monoisotopic (exact) mass is 261 g/mol. The van der Waals surface area contributed by atoms with E-state index < -0.39 is 10.4 Å². The van der Waals surface area contributed by atoms with Crippen LogP contribution in [0.4, 0.5) is 5.69 Å². The van der Waals surface area contributed by atoms with Crippen molar-refractivity contribution in [3.63, 3.8) is 0 Å². The third kappa shape index (κ3) is 4.94. The second-order valence-electron chi connectivity index (χ2n) is 2.18. The molecule has 0 bridgehead atoms. The zero-order valence-corrected chi connectivity index (χ0v) is 11.9. The van der Waals surface area contributed by atoms with Gasteiger partial charge in [-0.05, 0) is 18.2 Å². The molecule has 2 N–H and O–H groups in total. The molecule has 0 radical (unpaired) electrons. The maximum atomic E-state index is 10.2. The number of halogens is 1. The van der Waals surface area contributed by atoms with Gasteiger partial charge in [-0.25, -0.2) is 8.42 Å². The zero-order valence-electron chi connectivity index (χ0n) is 7.23. The van der Waals surface area contributed by atoms with Gasteiger partial charge in [0.25, 0.3) is 10.4 Å². The van der Waals surface area contributed by atoms with Crippen molar-refractivity contribution >= 4 is 27.7 Å². The topological polar surface area (TPSA) is 92.5 Å². The number of benzene rings is 1. The molecular weight excluding hydrogens is 257 g/mol. The first-order valence-electron chi connectivity index (χ1n) is 3.09. The molecule has 0 saturated heterocycles. The molecular formula is C6H5ClKNO4S. The smallest absolute Gasteiger partial charge is 0.716 e. The van der Waals surface area contributed by atoms with Gasteiger partial charge in [-0.2, -0.15) is 0 Å². The largest absolute Gasteiger partial charge is 1.00 e. The van der Waals surface area contributed by atoms with Gasteiger partial charge in [-0.3, -0.25) is 0 Å². The van der Waals surface area contributed by atoms with E-state index in [-0.39, 0.29) is 62.2 Å². The summed E-state index contributed by atoms with van der Waals surface area (Å²) in [6, 6.07) is 3.85. The Morgan fingerprint density at radius 3 is 2.43 bits per heavy atom. The summed E-state index contributed by atoms with van der Waals surface area (Å²) in [5.74, 6) is -0.231. The Bertz CT molecular complexity index is 422. The van der Waals surface area contributed by atoms with E-state index in [1.807, 2.05) is 0 Å². The summed E-state index contributed by atoms with van der Waals surface area (Å²) in [6.07, 6.45) is 0. The van der Waals surface area contributed by atoms with Gasteiger partial charge in [0, 0.05) is 5.69 Å². The van der Waals surface area contributed by atoms with Crippen LogP contribution in [-0.2, 0) is 10.4 Å². The Morgan fingerprint density at radius 2 is 2.00 bits per heavy atom. The van der Waals surface area contributed by atoms with E-state index in [0.29, 0.717) is 5.69 Å². The third-order valence-corrected chi connectivity index (χ3v) is 1.83. The number of nitrogens with two attached hydrogens (primary N) is 1. The van der Waals surface area contributed by atoms with Gasteiger partial charge in [0.15, 0.2) is 5.75 Å². The van der Waals surface area contributed by atoms with E-state index in [4.69, 9.17) is 17.3 Å². The number of nitrogen functional groups attached to an aromatic ring is 1. The number of anilines is 1. The minimum absolute atomic E-state index is 0. The van der Waals surface area contributed by atoms with Crippen LogP contribution in [0.3, 0.4) is 0 Å². The van der Waals surface area contributed by atoms with Crippen LogP contribution in [0.5, 0.6) is 5.75 Å². The van der Waals surface area contributed by atoms with Crippen LogP contribution in [0.25, 0.3) is 0 Å². The van der Waals surface area contributed by atoms with E-state index in [2.05, 4.69) is 4.18 Å². The molecule has 0 amide bonds. The van der Waals surface area contributed by atoms with Crippen molar-refractivity contribution in [2.75, 3.05) is 5.73 Å². The van der Waals surface area contributed by atoms with Crippen LogP contribution in [0.15, 0.2) is 18.2 Å².